The molecule has 0 bridgehead atoms. The Balaban J connectivity index is 0.00000312. The van der Waals surface area contributed by atoms with Crippen molar-refractivity contribution in [2.24, 2.45) is 11.1 Å². The minimum Gasteiger partial charge on any atom is -0.497 e. The molecular formula is C19H27ClN2O2S. The van der Waals surface area contributed by atoms with Crippen LogP contribution in [0, 0.1) is 5.41 Å². The monoisotopic (exact) mass is 382 g/mol. The van der Waals surface area contributed by atoms with Crippen LogP contribution in [-0.2, 0) is 11.3 Å². The normalized spacial score (nSPS) is 10.9. The van der Waals surface area contributed by atoms with Crippen LogP contribution in [0.4, 0.5) is 0 Å². The molecule has 2 rings (SSSR count). The fraction of sp³-hybridized carbons (Fsp3) is 0.421. The number of thiophene rings is 1. The zero-order chi connectivity index (χ0) is 17.6. The van der Waals surface area contributed by atoms with Gasteiger partial charge in [-0.25, -0.2) is 0 Å². The lowest BCUT2D eigenvalue weighted by Gasteiger charge is -2.28. The van der Waals surface area contributed by atoms with Crippen molar-refractivity contribution in [3.05, 3.63) is 40.6 Å². The fourth-order valence-corrected chi connectivity index (χ4v) is 3.55. The van der Waals surface area contributed by atoms with E-state index in [0.717, 1.165) is 34.6 Å². The van der Waals surface area contributed by atoms with E-state index in [4.69, 9.17) is 10.5 Å². The number of carbonyl (C=O) groups is 1. The maximum Gasteiger partial charge on any atom is 0.227 e. The summed E-state index contributed by atoms with van der Waals surface area (Å²) < 4.78 is 5.18. The maximum absolute atomic E-state index is 12.5. The number of rotatable bonds is 8. The largest absolute Gasteiger partial charge is 0.497 e. The van der Waals surface area contributed by atoms with Gasteiger partial charge in [-0.3, -0.25) is 4.79 Å². The quantitative estimate of drug-likeness (QED) is 0.718. The molecule has 0 aliphatic heterocycles. The molecule has 2 aromatic rings. The third-order valence-electron chi connectivity index (χ3n) is 4.73. The molecule has 1 amide bonds. The van der Waals surface area contributed by atoms with Gasteiger partial charge in [-0.05, 0) is 47.5 Å². The highest BCUT2D eigenvalue weighted by Crippen LogP contribution is 2.28. The van der Waals surface area contributed by atoms with E-state index in [0.29, 0.717) is 13.1 Å². The van der Waals surface area contributed by atoms with Crippen molar-refractivity contribution < 1.29 is 9.53 Å². The summed E-state index contributed by atoms with van der Waals surface area (Å²) in [6.45, 7) is 4.96. The Hall–Kier alpha value is -1.56. The van der Waals surface area contributed by atoms with Gasteiger partial charge in [0.25, 0.3) is 0 Å². The second-order valence-corrected chi connectivity index (χ2v) is 6.90. The van der Waals surface area contributed by atoms with Crippen LogP contribution in [0.2, 0.25) is 0 Å². The fourth-order valence-electron chi connectivity index (χ4n) is 2.72. The van der Waals surface area contributed by atoms with Crippen molar-refractivity contribution in [1.82, 2.24) is 5.32 Å². The third-order valence-corrected chi connectivity index (χ3v) is 5.66. The standard InChI is InChI=1S/C19H26N2O2S.ClH/c1-4-19(5-2,13-20)18(22)21-11-17-10-15(12-24-17)14-6-8-16(23-3)9-7-14;/h6-10,12H,4-5,11,13,20H2,1-3H3,(H,21,22);1H. The van der Waals surface area contributed by atoms with Crippen LogP contribution >= 0.6 is 23.7 Å². The molecule has 1 aromatic heterocycles. The predicted molar refractivity (Wildman–Crippen MR) is 107 cm³/mol. The van der Waals surface area contributed by atoms with Crippen molar-refractivity contribution >= 4 is 29.7 Å². The number of nitrogens with two attached hydrogens (primary N) is 1. The predicted octanol–water partition coefficient (Wildman–Crippen LogP) is 4.23. The van der Waals surface area contributed by atoms with Crippen LogP contribution < -0.4 is 15.8 Å². The first-order valence-electron chi connectivity index (χ1n) is 8.28. The molecule has 0 radical (unpaired) electrons. The first kappa shape index (κ1) is 21.5. The van der Waals surface area contributed by atoms with E-state index in [9.17, 15) is 4.79 Å². The molecule has 0 saturated heterocycles. The maximum atomic E-state index is 12.5. The van der Waals surface area contributed by atoms with Gasteiger partial charge in [0.15, 0.2) is 0 Å². The molecule has 3 N–H and O–H groups in total. The van der Waals surface area contributed by atoms with Crippen LogP contribution in [0.25, 0.3) is 11.1 Å². The number of methoxy groups -OCH3 is 1. The van der Waals surface area contributed by atoms with Crippen molar-refractivity contribution in [2.45, 2.75) is 33.2 Å². The molecule has 138 valence electrons. The highest BCUT2D eigenvalue weighted by molar-refractivity contribution is 7.10. The molecule has 0 fully saturated rings. The Morgan fingerprint density at radius 1 is 1.20 bits per heavy atom. The molecule has 0 atom stereocenters. The summed E-state index contributed by atoms with van der Waals surface area (Å²) in [6.07, 6.45) is 1.51. The second-order valence-electron chi connectivity index (χ2n) is 5.90. The van der Waals surface area contributed by atoms with Gasteiger partial charge in [-0.1, -0.05) is 26.0 Å². The first-order chi connectivity index (χ1) is 11.6. The summed E-state index contributed by atoms with van der Waals surface area (Å²) in [4.78, 5) is 13.6. The summed E-state index contributed by atoms with van der Waals surface area (Å²) in [5.74, 6) is 0.896. The van der Waals surface area contributed by atoms with E-state index >= 15 is 0 Å². The lowest BCUT2D eigenvalue weighted by molar-refractivity contribution is -0.131. The van der Waals surface area contributed by atoms with E-state index in [1.807, 2.05) is 38.1 Å². The lowest BCUT2D eigenvalue weighted by atomic mass is 9.81. The molecule has 0 spiro atoms. The van der Waals surface area contributed by atoms with Gasteiger partial charge in [0.1, 0.15) is 5.75 Å². The van der Waals surface area contributed by atoms with Crippen LogP contribution in [-0.4, -0.2) is 19.6 Å². The number of halogens is 1. The smallest absolute Gasteiger partial charge is 0.227 e. The Kier molecular flexibility index (Phi) is 8.42. The molecule has 0 aliphatic carbocycles. The summed E-state index contributed by atoms with van der Waals surface area (Å²) in [7, 11) is 1.66. The minimum absolute atomic E-state index is 0. The van der Waals surface area contributed by atoms with Crippen LogP contribution in [0.15, 0.2) is 35.7 Å². The van der Waals surface area contributed by atoms with Gasteiger partial charge in [0, 0.05) is 11.4 Å². The van der Waals surface area contributed by atoms with Crippen LogP contribution in [0.1, 0.15) is 31.6 Å². The van der Waals surface area contributed by atoms with Crippen LogP contribution in [0.5, 0.6) is 5.75 Å². The van der Waals surface area contributed by atoms with Crippen molar-refractivity contribution in [2.75, 3.05) is 13.7 Å². The molecule has 1 heterocycles. The molecule has 0 saturated carbocycles. The number of hydrogen-bond donors (Lipinski definition) is 2. The molecule has 0 aliphatic rings. The van der Waals surface area contributed by atoms with E-state index in [2.05, 4.69) is 16.8 Å². The molecule has 25 heavy (non-hydrogen) atoms. The van der Waals surface area contributed by atoms with Gasteiger partial charge in [-0.2, -0.15) is 0 Å². The van der Waals surface area contributed by atoms with Gasteiger partial charge >= 0.3 is 0 Å². The molecule has 1 aromatic carbocycles. The van der Waals surface area contributed by atoms with Crippen molar-refractivity contribution in [1.29, 1.82) is 0 Å². The Bertz CT molecular complexity index is 658. The van der Waals surface area contributed by atoms with Gasteiger partial charge in [-0.15, -0.1) is 23.7 Å². The van der Waals surface area contributed by atoms with E-state index in [-0.39, 0.29) is 18.3 Å². The van der Waals surface area contributed by atoms with Gasteiger partial charge < -0.3 is 15.8 Å². The first-order valence-corrected chi connectivity index (χ1v) is 9.16. The third kappa shape index (κ3) is 4.97. The summed E-state index contributed by atoms with van der Waals surface area (Å²) in [6, 6.07) is 10.1. The Labute approximate surface area is 160 Å². The number of benzene rings is 1. The van der Waals surface area contributed by atoms with Crippen molar-refractivity contribution in [3.8, 4) is 16.9 Å². The summed E-state index contributed by atoms with van der Waals surface area (Å²) in [5, 5.41) is 5.16. The lowest BCUT2D eigenvalue weighted by Crippen LogP contribution is -2.44. The van der Waals surface area contributed by atoms with Gasteiger partial charge in [0.2, 0.25) is 5.91 Å². The molecule has 6 heteroatoms. The Morgan fingerprint density at radius 3 is 2.36 bits per heavy atom. The van der Waals surface area contributed by atoms with Gasteiger partial charge in [0.05, 0.1) is 19.1 Å². The number of hydrogen-bond acceptors (Lipinski definition) is 4. The summed E-state index contributed by atoms with van der Waals surface area (Å²) >= 11 is 1.65. The van der Waals surface area contributed by atoms with E-state index in [1.165, 1.54) is 0 Å². The van der Waals surface area contributed by atoms with Crippen LogP contribution in [0.3, 0.4) is 0 Å². The highest BCUT2D eigenvalue weighted by atomic mass is 35.5. The SMILES string of the molecule is CCC(CC)(CN)C(=O)NCc1cc(-c2ccc(OC)cc2)cs1.Cl. The van der Waals surface area contributed by atoms with E-state index in [1.54, 1.807) is 18.4 Å². The Morgan fingerprint density at radius 2 is 1.84 bits per heavy atom. The summed E-state index contributed by atoms with van der Waals surface area (Å²) in [5.41, 5.74) is 7.68. The number of nitrogens with one attached hydrogen (secondary N) is 1. The molecular weight excluding hydrogens is 356 g/mol. The zero-order valence-corrected chi connectivity index (χ0v) is 16.6. The number of amides is 1. The number of carbonyl (C=O) groups excluding carboxylic acids is 1. The van der Waals surface area contributed by atoms with Crippen molar-refractivity contribution in [3.63, 3.8) is 0 Å². The minimum atomic E-state index is -0.448. The second kappa shape index (κ2) is 9.80. The topological polar surface area (TPSA) is 64.4 Å². The van der Waals surface area contributed by atoms with E-state index < -0.39 is 5.41 Å². The highest BCUT2D eigenvalue weighted by Gasteiger charge is 2.32. The molecule has 0 unspecified atom stereocenters. The molecule has 4 nitrogen and oxygen atoms in total. The zero-order valence-electron chi connectivity index (χ0n) is 15.0. The average Bonchev–Trinajstić information content (AvgIpc) is 3.11. The average molecular weight is 383 g/mol. The number of ether oxygens (including phenoxy) is 1.